The molecule has 0 saturated carbocycles. The second kappa shape index (κ2) is 6.12. The first kappa shape index (κ1) is 15.3. The molecule has 20 heavy (non-hydrogen) atoms. The van der Waals surface area contributed by atoms with Crippen LogP contribution < -0.4 is 5.32 Å². The highest BCUT2D eigenvalue weighted by Gasteiger charge is 2.26. The van der Waals surface area contributed by atoms with Crippen molar-refractivity contribution in [1.29, 1.82) is 0 Å². The standard InChI is InChI=1S/C14H17Cl2N3O/c1-4-17-14(2,3)13-18-12(19-20-13)8-9-10(15)6-5-7-11(9)16/h5-7,17H,4,8H2,1-3H3. The van der Waals surface area contributed by atoms with E-state index in [0.29, 0.717) is 28.2 Å². The van der Waals surface area contributed by atoms with E-state index in [0.717, 1.165) is 12.1 Å². The van der Waals surface area contributed by atoms with Crippen molar-refractivity contribution < 1.29 is 4.52 Å². The number of nitrogens with zero attached hydrogens (tertiary/aromatic N) is 2. The molecule has 6 heteroatoms. The van der Waals surface area contributed by atoms with Gasteiger partial charge in [-0.15, -0.1) is 0 Å². The Labute approximate surface area is 128 Å². The molecule has 0 fully saturated rings. The predicted octanol–water partition coefficient (Wildman–Crippen LogP) is 3.81. The van der Waals surface area contributed by atoms with Crippen LogP contribution in [0.25, 0.3) is 0 Å². The molecule has 0 amide bonds. The SMILES string of the molecule is CCNC(C)(C)c1nc(Cc2c(Cl)cccc2Cl)no1. The number of halogens is 2. The Bertz CT molecular complexity index is 576. The smallest absolute Gasteiger partial charge is 0.246 e. The van der Waals surface area contributed by atoms with Crippen molar-refractivity contribution in [3.8, 4) is 0 Å². The molecule has 0 unspecified atom stereocenters. The van der Waals surface area contributed by atoms with Crippen LogP contribution in [0.15, 0.2) is 22.7 Å². The molecule has 2 rings (SSSR count). The quantitative estimate of drug-likeness (QED) is 0.912. The van der Waals surface area contributed by atoms with Gasteiger partial charge in [0.05, 0.1) is 5.54 Å². The van der Waals surface area contributed by atoms with Gasteiger partial charge in [0.1, 0.15) is 0 Å². The van der Waals surface area contributed by atoms with E-state index in [1.807, 2.05) is 26.8 Å². The van der Waals surface area contributed by atoms with Gasteiger partial charge in [-0.25, -0.2) is 0 Å². The predicted molar refractivity (Wildman–Crippen MR) is 80.3 cm³/mol. The molecule has 0 atom stereocenters. The maximum atomic E-state index is 6.14. The van der Waals surface area contributed by atoms with Crippen LogP contribution >= 0.6 is 23.2 Å². The number of hydrogen-bond acceptors (Lipinski definition) is 4. The van der Waals surface area contributed by atoms with E-state index in [4.69, 9.17) is 27.7 Å². The zero-order chi connectivity index (χ0) is 14.8. The third kappa shape index (κ3) is 3.32. The van der Waals surface area contributed by atoms with Gasteiger partial charge in [-0.1, -0.05) is 41.3 Å². The Morgan fingerprint density at radius 2 is 1.90 bits per heavy atom. The van der Waals surface area contributed by atoms with Crippen LogP contribution in [0.4, 0.5) is 0 Å². The van der Waals surface area contributed by atoms with Crippen molar-refractivity contribution in [2.45, 2.75) is 32.7 Å². The molecule has 4 nitrogen and oxygen atoms in total. The minimum Gasteiger partial charge on any atom is -0.337 e. The molecule has 0 aliphatic carbocycles. The van der Waals surface area contributed by atoms with Crippen LogP contribution in [0.2, 0.25) is 10.0 Å². The van der Waals surface area contributed by atoms with Gasteiger partial charge in [0, 0.05) is 16.5 Å². The topological polar surface area (TPSA) is 51.0 Å². The van der Waals surface area contributed by atoms with Gasteiger partial charge in [0.2, 0.25) is 5.89 Å². The summed E-state index contributed by atoms with van der Waals surface area (Å²) in [6, 6.07) is 5.41. The lowest BCUT2D eigenvalue weighted by molar-refractivity contribution is 0.271. The molecule has 1 aromatic heterocycles. The molecule has 0 aliphatic heterocycles. The second-order valence-corrected chi connectivity index (χ2v) is 5.86. The van der Waals surface area contributed by atoms with Crippen LogP contribution in [0.1, 0.15) is 38.0 Å². The molecule has 0 saturated heterocycles. The van der Waals surface area contributed by atoms with E-state index >= 15 is 0 Å². The van der Waals surface area contributed by atoms with Crippen molar-refractivity contribution in [2.75, 3.05) is 6.54 Å². The molecule has 1 aromatic carbocycles. The average molecular weight is 314 g/mol. The van der Waals surface area contributed by atoms with Crippen molar-refractivity contribution >= 4 is 23.2 Å². The third-order valence-electron chi connectivity index (χ3n) is 3.02. The number of aromatic nitrogens is 2. The first-order valence-corrected chi connectivity index (χ1v) is 7.20. The highest BCUT2D eigenvalue weighted by Crippen LogP contribution is 2.27. The molecule has 1 heterocycles. The number of hydrogen-bond donors (Lipinski definition) is 1. The molecule has 0 spiro atoms. The summed E-state index contributed by atoms with van der Waals surface area (Å²) >= 11 is 12.3. The Kier molecular flexibility index (Phi) is 4.68. The van der Waals surface area contributed by atoms with Crippen LogP contribution in [0.5, 0.6) is 0 Å². The maximum absolute atomic E-state index is 6.14. The molecule has 0 aliphatic rings. The summed E-state index contributed by atoms with van der Waals surface area (Å²) in [5.74, 6) is 1.12. The number of nitrogens with one attached hydrogen (secondary N) is 1. The Morgan fingerprint density at radius 3 is 2.50 bits per heavy atom. The van der Waals surface area contributed by atoms with Crippen LogP contribution in [0.3, 0.4) is 0 Å². The molecule has 1 N–H and O–H groups in total. The summed E-state index contributed by atoms with van der Waals surface area (Å²) in [5.41, 5.74) is 0.453. The number of benzene rings is 1. The van der Waals surface area contributed by atoms with Crippen molar-refractivity contribution in [3.63, 3.8) is 0 Å². The van der Waals surface area contributed by atoms with Gasteiger partial charge in [0.15, 0.2) is 5.82 Å². The third-order valence-corrected chi connectivity index (χ3v) is 3.73. The molecule has 0 radical (unpaired) electrons. The normalized spacial score (nSPS) is 11.8. The molecular weight excluding hydrogens is 297 g/mol. The number of rotatable bonds is 5. The average Bonchev–Trinajstić information content (AvgIpc) is 2.83. The minimum atomic E-state index is -0.357. The van der Waals surface area contributed by atoms with Crippen molar-refractivity contribution in [3.05, 3.63) is 45.5 Å². The van der Waals surface area contributed by atoms with Gasteiger partial charge < -0.3 is 9.84 Å². The Morgan fingerprint density at radius 1 is 1.25 bits per heavy atom. The van der Waals surface area contributed by atoms with E-state index in [-0.39, 0.29) is 5.54 Å². The fourth-order valence-corrected chi connectivity index (χ4v) is 2.49. The lowest BCUT2D eigenvalue weighted by Crippen LogP contribution is -2.36. The summed E-state index contributed by atoms with van der Waals surface area (Å²) in [5, 5.41) is 8.50. The van der Waals surface area contributed by atoms with E-state index in [9.17, 15) is 0 Å². The Balaban J connectivity index is 2.22. The fraction of sp³-hybridized carbons (Fsp3) is 0.429. The van der Waals surface area contributed by atoms with E-state index in [2.05, 4.69) is 15.5 Å². The highest BCUT2D eigenvalue weighted by atomic mass is 35.5. The van der Waals surface area contributed by atoms with Crippen LogP contribution in [0, 0.1) is 0 Å². The summed E-state index contributed by atoms with van der Waals surface area (Å²) in [4.78, 5) is 4.42. The van der Waals surface area contributed by atoms with Gasteiger partial charge >= 0.3 is 0 Å². The van der Waals surface area contributed by atoms with Gasteiger partial charge in [-0.05, 0) is 38.1 Å². The molecule has 0 bridgehead atoms. The van der Waals surface area contributed by atoms with Crippen molar-refractivity contribution in [2.24, 2.45) is 0 Å². The highest BCUT2D eigenvalue weighted by molar-refractivity contribution is 6.36. The monoisotopic (exact) mass is 313 g/mol. The Hall–Kier alpha value is -1.10. The second-order valence-electron chi connectivity index (χ2n) is 5.05. The lowest BCUT2D eigenvalue weighted by Gasteiger charge is -2.20. The van der Waals surface area contributed by atoms with E-state index < -0.39 is 0 Å². The van der Waals surface area contributed by atoms with Crippen LogP contribution in [-0.4, -0.2) is 16.7 Å². The van der Waals surface area contributed by atoms with E-state index in [1.165, 1.54) is 0 Å². The van der Waals surface area contributed by atoms with Gasteiger partial charge in [0.25, 0.3) is 0 Å². The van der Waals surface area contributed by atoms with Gasteiger partial charge in [-0.2, -0.15) is 4.98 Å². The zero-order valence-electron chi connectivity index (χ0n) is 11.7. The molecular formula is C14H17Cl2N3O. The summed E-state index contributed by atoms with van der Waals surface area (Å²) in [7, 11) is 0. The summed E-state index contributed by atoms with van der Waals surface area (Å²) in [6.07, 6.45) is 0.449. The van der Waals surface area contributed by atoms with Crippen molar-refractivity contribution in [1.82, 2.24) is 15.5 Å². The first-order chi connectivity index (χ1) is 9.44. The van der Waals surface area contributed by atoms with Gasteiger partial charge in [-0.3, -0.25) is 0 Å². The molecule has 2 aromatic rings. The summed E-state index contributed by atoms with van der Waals surface area (Å²) in [6.45, 7) is 6.84. The maximum Gasteiger partial charge on any atom is 0.246 e. The minimum absolute atomic E-state index is 0.357. The summed E-state index contributed by atoms with van der Waals surface area (Å²) < 4.78 is 5.32. The van der Waals surface area contributed by atoms with Crippen LogP contribution in [-0.2, 0) is 12.0 Å². The fourth-order valence-electron chi connectivity index (χ4n) is 1.96. The lowest BCUT2D eigenvalue weighted by atomic mass is 10.1. The molecule has 108 valence electrons. The first-order valence-electron chi connectivity index (χ1n) is 6.45. The zero-order valence-corrected chi connectivity index (χ0v) is 13.2. The largest absolute Gasteiger partial charge is 0.337 e. The van der Waals surface area contributed by atoms with E-state index in [1.54, 1.807) is 12.1 Å².